The number of likely N-dealkylation sites (tertiary alicyclic amines) is 1. The van der Waals surface area contributed by atoms with Crippen LogP contribution in [0.1, 0.15) is 39.0 Å². The summed E-state index contributed by atoms with van der Waals surface area (Å²) in [5.74, 6) is 0.234. The molecule has 0 spiro atoms. The third-order valence-electron chi connectivity index (χ3n) is 4.75. The molecule has 0 unspecified atom stereocenters. The molecule has 0 aromatic rings. The van der Waals surface area contributed by atoms with E-state index in [9.17, 15) is 4.79 Å². The molecule has 4 nitrogen and oxygen atoms in total. The molecule has 4 heteroatoms. The van der Waals surface area contributed by atoms with E-state index in [4.69, 9.17) is 4.74 Å². The monoisotopic (exact) mass is 238 g/mol. The van der Waals surface area contributed by atoms with Crippen molar-refractivity contribution >= 4 is 5.91 Å². The summed E-state index contributed by atoms with van der Waals surface area (Å²) in [5.41, 5.74) is 0.0215. The van der Waals surface area contributed by atoms with Crippen LogP contribution in [0.25, 0.3) is 0 Å². The molecule has 3 fully saturated rings. The number of hydrogen-bond acceptors (Lipinski definition) is 3. The van der Waals surface area contributed by atoms with Crippen LogP contribution in [0.4, 0.5) is 0 Å². The number of amides is 1. The summed E-state index contributed by atoms with van der Waals surface area (Å²) >= 11 is 0. The maximum atomic E-state index is 11.5. The largest absolute Gasteiger partial charge is 0.381 e. The molecule has 3 aliphatic heterocycles. The van der Waals surface area contributed by atoms with Crippen LogP contribution in [-0.4, -0.2) is 48.2 Å². The highest BCUT2D eigenvalue weighted by atomic mass is 16.5. The van der Waals surface area contributed by atoms with Gasteiger partial charge in [-0.2, -0.15) is 0 Å². The SMILES string of the molecule is C[C@]12CCN(C3CCOCC3)[C@H]1CCC(=O)N2. The minimum Gasteiger partial charge on any atom is -0.381 e. The molecule has 0 aromatic carbocycles. The third-order valence-corrected chi connectivity index (χ3v) is 4.75. The highest BCUT2D eigenvalue weighted by Crippen LogP contribution is 2.37. The Bertz CT molecular complexity index is 315. The zero-order valence-electron chi connectivity index (χ0n) is 10.6. The highest BCUT2D eigenvalue weighted by molar-refractivity contribution is 5.78. The standard InChI is InChI=1S/C13H22N2O2/c1-13-6-7-15(10-4-8-17-9-5-10)11(13)2-3-12(16)14-13/h10-11H,2-9H2,1H3,(H,14,16)/t11-,13-/m0/s1. The fourth-order valence-electron chi connectivity index (χ4n) is 3.78. The molecule has 96 valence electrons. The van der Waals surface area contributed by atoms with Crippen molar-refractivity contribution in [3.8, 4) is 0 Å². The molecule has 0 radical (unpaired) electrons. The first-order chi connectivity index (χ1) is 8.19. The van der Waals surface area contributed by atoms with Crippen LogP contribution in [0.3, 0.4) is 0 Å². The Labute approximate surface area is 103 Å². The Morgan fingerprint density at radius 1 is 1.35 bits per heavy atom. The number of nitrogens with zero attached hydrogens (tertiary/aromatic N) is 1. The summed E-state index contributed by atoms with van der Waals surface area (Å²) in [4.78, 5) is 14.2. The van der Waals surface area contributed by atoms with Crippen molar-refractivity contribution in [2.24, 2.45) is 0 Å². The van der Waals surface area contributed by atoms with Crippen LogP contribution in [-0.2, 0) is 9.53 Å². The van der Waals surface area contributed by atoms with Gasteiger partial charge in [-0.1, -0.05) is 0 Å². The normalized spacial score (nSPS) is 40.1. The van der Waals surface area contributed by atoms with Crippen molar-refractivity contribution in [1.82, 2.24) is 10.2 Å². The number of piperidine rings is 1. The third kappa shape index (κ3) is 1.97. The Hall–Kier alpha value is -0.610. The van der Waals surface area contributed by atoms with Gasteiger partial charge >= 0.3 is 0 Å². The smallest absolute Gasteiger partial charge is 0.220 e. The summed E-state index contributed by atoms with van der Waals surface area (Å²) < 4.78 is 5.44. The van der Waals surface area contributed by atoms with E-state index in [-0.39, 0.29) is 11.4 Å². The van der Waals surface area contributed by atoms with Gasteiger partial charge in [-0.15, -0.1) is 0 Å². The van der Waals surface area contributed by atoms with E-state index in [1.807, 2.05) is 0 Å². The number of fused-ring (bicyclic) bond motifs is 1. The number of rotatable bonds is 1. The van der Waals surface area contributed by atoms with Crippen LogP contribution in [0.5, 0.6) is 0 Å². The van der Waals surface area contributed by atoms with E-state index in [1.54, 1.807) is 0 Å². The van der Waals surface area contributed by atoms with Crippen molar-refractivity contribution in [2.45, 2.75) is 56.7 Å². The van der Waals surface area contributed by atoms with Gasteiger partial charge in [-0.05, 0) is 32.6 Å². The van der Waals surface area contributed by atoms with E-state index in [2.05, 4.69) is 17.1 Å². The second kappa shape index (κ2) is 4.25. The number of hydrogen-bond donors (Lipinski definition) is 1. The minimum absolute atomic E-state index is 0.0215. The molecule has 3 aliphatic rings. The lowest BCUT2D eigenvalue weighted by molar-refractivity contribution is -0.126. The van der Waals surface area contributed by atoms with E-state index < -0.39 is 0 Å². The van der Waals surface area contributed by atoms with E-state index >= 15 is 0 Å². The van der Waals surface area contributed by atoms with E-state index in [1.165, 1.54) is 0 Å². The fourth-order valence-corrected chi connectivity index (χ4v) is 3.78. The summed E-state index contributed by atoms with van der Waals surface area (Å²) in [6.45, 7) is 5.15. The van der Waals surface area contributed by atoms with Gasteiger partial charge < -0.3 is 10.1 Å². The molecule has 0 saturated carbocycles. The van der Waals surface area contributed by atoms with Crippen molar-refractivity contribution < 1.29 is 9.53 Å². The maximum Gasteiger partial charge on any atom is 0.220 e. The molecule has 3 heterocycles. The first-order valence-corrected chi connectivity index (χ1v) is 6.83. The zero-order valence-corrected chi connectivity index (χ0v) is 10.6. The Balaban J connectivity index is 1.73. The summed E-state index contributed by atoms with van der Waals surface area (Å²) in [6, 6.07) is 1.22. The molecule has 0 bridgehead atoms. The van der Waals surface area contributed by atoms with Gasteiger partial charge in [-0.3, -0.25) is 9.69 Å². The van der Waals surface area contributed by atoms with Gasteiger partial charge in [0.1, 0.15) is 0 Å². The lowest BCUT2D eigenvalue weighted by Crippen LogP contribution is -2.59. The molecular formula is C13H22N2O2. The van der Waals surface area contributed by atoms with Gasteiger partial charge in [0, 0.05) is 38.3 Å². The molecular weight excluding hydrogens is 216 g/mol. The molecule has 2 atom stereocenters. The van der Waals surface area contributed by atoms with E-state index in [0.29, 0.717) is 18.5 Å². The predicted molar refractivity (Wildman–Crippen MR) is 64.7 cm³/mol. The molecule has 0 aliphatic carbocycles. The average Bonchev–Trinajstić information content (AvgIpc) is 2.66. The van der Waals surface area contributed by atoms with Crippen LogP contribution in [0, 0.1) is 0 Å². The second-order valence-corrected chi connectivity index (χ2v) is 5.85. The number of carbonyl (C=O) groups excluding carboxylic acids is 1. The lowest BCUT2D eigenvalue weighted by Gasteiger charge is -2.43. The Kier molecular flexibility index (Phi) is 2.87. The molecule has 17 heavy (non-hydrogen) atoms. The number of carbonyl (C=O) groups is 1. The van der Waals surface area contributed by atoms with E-state index in [0.717, 1.165) is 45.4 Å². The molecule has 1 amide bonds. The first kappa shape index (κ1) is 11.5. The van der Waals surface area contributed by atoms with Gasteiger partial charge in [0.15, 0.2) is 0 Å². The molecule has 3 rings (SSSR count). The van der Waals surface area contributed by atoms with Crippen molar-refractivity contribution in [2.75, 3.05) is 19.8 Å². The topological polar surface area (TPSA) is 41.6 Å². The van der Waals surface area contributed by atoms with Gasteiger partial charge in [-0.25, -0.2) is 0 Å². The average molecular weight is 238 g/mol. The van der Waals surface area contributed by atoms with Crippen molar-refractivity contribution in [3.05, 3.63) is 0 Å². The number of nitrogens with one attached hydrogen (secondary N) is 1. The minimum atomic E-state index is 0.0215. The fraction of sp³-hybridized carbons (Fsp3) is 0.923. The Morgan fingerprint density at radius 2 is 2.12 bits per heavy atom. The van der Waals surface area contributed by atoms with Crippen LogP contribution in [0.2, 0.25) is 0 Å². The highest BCUT2D eigenvalue weighted by Gasteiger charge is 2.49. The number of ether oxygens (including phenoxy) is 1. The predicted octanol–water partition coefficient (Wildman–Crippen LogP) is 0.908. The first-order valence-electron chi connectivity index (χ1n) is 6.83. The maximum absolute atomic E-state index is 11.5. The summed E-state index contributed by atoms with van der Waals surface area (Å²) in [7, 11) is 0. The van der Waals surface area contributed by atoms with Crippen molar-refractivity contribution in [1.29, 1.82) is 0 Å². The van der Waals surface area contributed by atoms with Crippen molar-refractivity contribution in [3.63, 3.8) is 0 Å². The van der Waals surface area contributed by atoms with Gasteiger partial charge in [0.05, 0.1) is 5.54 Å². The summed E-state index contributed by atoms with van der Waals surface area (Å²) in [5, 5.41) is 3.21. The van der Waals surface area contributed by atoms with Gasteiger partial charge in [0.25, 0.3) is 0 Å². The molecule has 0 aromatic heterocycles. The van der Waals surface area contributed by atoms with Crippen LogP contribution >= 0.6 is 0 Å². The van der Waals surface area contributed by atoms with Crippen LogP contribution < -0.4 is 5.32 Å². The molecule has 1 N–H and O–H groups in total. The lowest BCUT2D eigenvalue weighted by atomic mass is 9.85. The van der Waals surface area contributed by atoms with Crippen LogP contribution in [0.15, 0.2) is 0 Å². The Morgan fingerprint density at radius 3 is 2.88 bits per heavy atom. The van der Waals surface area contributed by atoms with Gasteiger partial charge in [0.2, 0.25) is 5.91 Å². The summed E-state index contributed by atoms with van der Waals surface area (Å²) in [6.07, 6.45) is 5.13. The second-order valence-electron chi connectivity index (χ2n) is 5.85. The molecule has 3 saturated heterocycles. The quantitative estimate of drug-likeness (QED) is 0.738. The zero-order chi connectivity index (χ0) is 11.9.